The number of hydrogen-bond donors (Lipinski definition) is 3. The molecule has 0 heterocycles. The monoisotopic (exact) mass is 294 g/mol. The van der Waals surface area contributed by atoms with Gasteiger partial charge in [-0.15, -0.1) is 0 Å². The molecule has 106 valence electrons. The number of alkyl halides is 3. The topological polar surface area (TPSA) is 122 Å². The number of carbonyl (C=O) groups is 2. The van der Waals surface area contributed by atoms with Crippen molar-refractivity contribution in [2.24, 2.45) is 0 Å². The molecule has 0 aromatic heterocycles. The van der Waals surface area contributed by atoms with Gasteiger partial charge in [-0.2, -0.15) is 26.3 Å². The molecular formula is C6H9F3N2O6S. The third-order valence-corrected chi connectivity index (χ3v) is 2.85. The molecule has 0 spiro atoms. The molecular weight excluding hydrogens is 285 g/mol. The lowest BCUT2D eigenvalue weighted by atomic mass is 10.0. The number of aliphatic carboxylic acids is 1. The first-order chi connectivity index (χ1) is 7.85. The van der Waals surface area contributed by atoms with Crippen LogP contribution in [0.1, 0.15) is 6.92 Å². The van der Waals surface area contributed by atoms with E-state index in [9.17, 15) is 31.2 Å². The first-order valence-corrected chi connectivity index (χ1v) is 5.54. The fraction of sp³-hybridized carbons (Fsp3) is 0.667. The molecule has 0 aliphatic carbocycles. The zero-order chi connectivity index (χ0) is 14.8. The Labute approximate surface area is 99.3 Å². The molecule has 1 unspecified atom stereocenters. The summed E-state index contributed by atoms with van der Waals surface area (Å²) in [5, 5.41) is 8.43. The third kappa shape index (κ3) is 3.73. The van der Waals surface area contributed by atoms with Gasteiger partial charge in [0.1, 0.15) is 0 Å². The van der Waals surface area contributed by atoms with Gasteiger partial charge < -0.3 is 9.84 Å². The molecule has 0 fully saturated rings. The lowest BCUT2D eigenvalue weighted by Gasteiger charge is -2.27. The quantitative estimate of drug-likeness (QED) is 0.647. The molecule has 0 saturated heterocycles. The van der Waals surface area contributed by atoms with Crippen molar-refractivity contribution in [3.8, 4) is 0 Å². The average molecular weight is 294 g/mol. The van der Waals surface area contributed by atoms with Gasteiger partial charge in [0, 0.05) is 0 Å². The van der Waals surface area contributed by atoms with E-state index in [1.165, 1.54) is 0 Å². The van der Waals surface area contributed by atoms with Crippen LogP contribution in [0, 0.1) is 0 Å². The van der Waals surface area contributed by atoms with E-state index in [1.807, 2.05) is 0 Å². The largest absolute Gasteiger partial charge is 0.480 e. The molecule has 1 amide bonds. The van der Waals surface area contributed by atoms with Crippen molar-refractivity contribution in [3.63, 3.8) is 0 Å². The second-order valence-electron chi connectivity index (χ2n) is 3.13. The second-order valence-corrected chi connectivity index (χ2v) is 4.54. The lowest BCUT2D eigenvalue weighted by Crippen LogP contribution is -2.64. The van der Waals surface area contributed by atoms with Crippen molar-refractivity contribution >= 4 is 22.3 Å². The van der Waals surface area contributed by atoms with Crippen LogP contribution < -0.4 is 9.44 Å². The molecule has 1 atom stereocenters. The highest BCUT2D eigenvalue weighted by Crippen LogP contribution is 2.30. The van der Waals surface area contributed by atoms with E-state index in [-0.39, 0.29) is 6.92 Å². The molecule has 0 bridgehead atoms. The number of methoxy groups -OCH3 is 1. The predicted octanol–water partition coefficient (Wildman–Crippen LogP) is -0.418. The standard InChI is InChI=1S/C6H9F3N2O6S/c1-5(3(12)13,6(7,8)9)11-18(15,16)10-4(14)17-2/h11H,1-2H3,(H,10,14)(H,12,13). The van der Waals surface area contributed by atoms with Gasteiger partial charge in [0.2, 0.25) is 5.54 Å². The second kappa shape index (κ2) is 4.97. The smallest absolute Gasteiger partial charge is 0.421 e. The summed E-state index contributed by atoms with van der Waals surface area (Å²) >= 11 is 0. The lowest BCUT2D eigenvalue weighted by molar-refractivity contribution is -0.201. The maximum absolute atomic E-state index is 12.5. The zero-order valence-electron chi connectivity index (χ0n) is 9.03. The van der Waals surface area contributed by atoms with Crippen LogP contribution in [0.15, 0.2) is 0 Å². The van der Waals surface area contributed by atoms with Crippen LogP contribution in [0.25, 0.3) is 0 Å². The maximum Gasteiger partial charge on any atom is 0.421 e. The summed E-state index contributed by atoms with van der Waals surface area (Å²) in [6.45, 7) is 0.0891. The van der Waals surface area contributed by atoms with Crippen molar-refractivity contribution in [1.29, 1.82) is 0 Å². The van der Waals surface area contributed by atoms with Gasteiger partial charge in [-0.3, -0.25) is 0 Å². The summed E-state index contributed by atoms with van der Waals surface area (Å²) in [6, 6.07) is 0. The third-order valence-electron chi connectivity index (χ3n) is 1.74. The van der Waals surface area contributed by atoms with E-state index in [2.05, 4.69) is 4.74 Å². The highest BCUT2D eigenvalue weighted by molar-refractivity contribution is 7.88. The summed E-state index contributed by atoms with van der Waals surface area (Å²) in [7, 11) is -4.29. The minimum Gasteiger partial charge on any atom is -0.480 e. The number of ether oxygens (including phenoxy) is 1. The molecule has 0 aromatic carbocycles. The minimum absolute atomic E-state index is 0.0891. The van der Waals surface area contributed by atoms with Crippen LogP contribution in [0.5, 0.6) is 0 Å². The molecule has 8 nitrogen and oxygen atoms in total. The Bertz CT molecular complexity index is 447. The molecule has 0 rings (SSSR count). The first kappa shape index (κ1) is 16.4. The van der Waals surface area contributed by atoms with Crippen LogP contribution in [0.4, 0.5) is 18.0 Å². The molecule has 0 aliphatic heterocycles. The number of carboxylic acids is 1. The summed E-state index contributed by atoms with van der Waals surface area (Å²) in [5.74, 6) is -2.48. The molecule has 3 N–H and O–H groups in total. The summed E-state index contributed by atoms with van der Waals surface area (Å²) in [6.07, 6.45) is -6.98. The minimum atomic E-state index is -5.41. The number of amides is 1. The highest BCUT2D eigenvalue weighted by Gasteiger charge is 2.59. The Morgan fingerprint density at radius 3 is 2.00 bits per heavy atom. The summed E-state index contributed by atoms with van der Waals surface area (Å²) in [4.78, 5) is 21.1. The van der Waals surface area contributed by atoms with E-state index in [1.54, 1.807) is 0 Å². The number of hydrogen-bond acceptors (Lipinski definition) is 5. The van der Waals surface area contributed by atoms with Crippen molar-refractivity contribution < 1.29 is 41.0 Å². The summed E-state index contributed by atoms with van der Waals surface area (Å²) < 4.78 is 65.2. The Balaban J connectivity index is 5.27. The fourth-order valence-corrected chi connectivity index (χ4v) is 1.76. The Kier molecular flexibility index (Phi) is 4.54. The van der Waals surface area contributed by atoms with Crippen LogP contribution in [-0.2, 0) is 19.7 Å². The van der Waals surface area contributed by atoms with Crippen molar-refractivity contribution in [3.05, 3.63) is 0 Å². The number of carbonyl (C=O) groups excluding carboxylic acids is 1. The van der Waals surface area contributed by atoms with E-state index >= 15 is 0 Å². The SMILES string of the molecule is COC(=O)NS(=O)(=O)NC(C)(C(=O)O)C(F)(F)F. The van der Waals surface area contributed by atoms with Crippen molar-refractivity contribution in [2.75, 3.05) is 7.11 Å². The van der Waals surface area contributed by atoms with Gasteiger partial charge in [-0.1, -0.05) is 0 Å². The Morgan fingerprint density at radius 2 is 1.72 bits per heavy atom. The van der Waals surface area contributed by atoms with Crippen LogP contribution >= 0.6 is 0 Å². The molecule has 0 radical (unpaired) electrons. The van der Waals surface area contributed by atoms with Crippen LogP contribution in [0.2, 0.25) is 0 Å². The predicted molar refractivity (Wildman–Crippen MR) is 49.7 cm³/mol. The fourth-order valence-electron chi connectivity index (χ4n) is 0.668. The average Bonchev–Trinajstić information content (AvgIpc) is 2.13. The number of rotatable bonds is 4. The highest BCUT2D eigenvalue weighted by atomic mass is 32.2. The molecule has 0 aliphatic rings. The molecule has 0 aromatic rings. The van der Waals surface area contributed by atoms with Gasteiger partial charge in [0.25, 0.3) is 0 Å². The van der Waals surface area contributed by atoms with Crippen molar-refractivity contribution in [1.82, 2.24) is 9.44 Å². The first-order valence-electron chi connectivity index (χ1n) is 4.05. The van der Waals surface area contributed by atoms with Gasteiger partial charge in [-0.25, -0.2) is 14.3 Å². The van der Waals surface area contributed by atoms with Gasteiger partial charge in [0.15, 0.2) is 0 Å². The van der Waals surface area contributed by atoms with Crippen LogP contribution in [0.3, 0.4) is 0 Å². The van der Waals surface area contributed by atoms with Gasteiger partial charge in [0.05, 0.1) is 7.11 Å². The van der Waals surface area contributed by atoms with Crippen molar-refractivity contribution in [2.45, 2.75) is 18.6 Å². The van der Waals surface area contributed by atoms with Gasteiger partial charge in [-0.05, 0) is 6.92 Å². The molecule has 18 heavy (non-hydrogen) atoms. The summed E-state index contributed by atoms with van der Waals surface area (Å²) in [5.41, 5.74) is -3.78. The Morgan fingerprint density at radius 1 is 1.28 bits per heavy atom. The van der Waals surface area contributed by atoms with E-state index < -0.39 is 34.0 Å². The number of nitrogens with one attached hydrogen (secondary N) is 2. The number of halogens is 3. The Hall–Kier alpha value is -1.56. The van der Waals surface area contributed by atoms with Gasteiger partial charge >= 0.3 is 28.4 Å². The van der Waals surface area contributed by atoms with Crippen LogP contribution in [-0.4, -0.2) is 44.4 Å². The molecule has 0 saturated carbocycles. The van der Waals surface area contributed by atoms with E-state index in [0.29, 0.717) is 0 Å². The van der Waals surface area contributed by atoms with E-state index in [4.69, 9.17) is 5.11 Å². The maximum atomic E-state index is 12.5. The zero-order valence-corrected chi connectivity index (χ0v) is 9.85. The molecule has 12 heteroatoms. The van der Waals surface area contributed by atoms with E-state index in [0.717, 1.165) is 16.6 Å². The normalized spacial score (nSPS) is 15.6. The number of carboxylic acid groups (broad SMARTS) is 1.